The molecule has 1 aliphatic rings. The maximum Gasteiger partial charge on any atom is 0.323 e. The van der Waals surface area contributed by atoms with E-state index in [4.69, 9.17) is 0 Å². The Morgan fingerprint density at radius 2 is 1.24 bits per heavy atom. The van der Waals surface area contributed by atoms with E-state index >= 15 is 0 Å². The second kappa shape index (κ2) is 12.8. The van der Waals surface area contributed by atoms with Gasteiger partial charge in [-0.2, -0.15) is 0 Å². The third-order valence-electron chi connectivity index (χ3n) is 5.20. The van der Waals surface area contributed by atoms with Crippen molar-refractivity contribution < 1.29 is 29.7 Å². The molecule has 0 unspecified atom stereocenters. The number of carboxylic acids is 3. The van der Waals surface area contributed by atoms with Crippen molar-refractivity contribution >= 4 is 17.9 Å². The zero-order valence-electron chi connectivity index (χ0n) is 19.2. The first kappa shape index (κ1) is 26.1. The zero-order chi connectivity index (χ0) is 24.4. The van der Waals surface area contributed by atoms with E-state index in [1.54, 1.807) is 27.1 Å². The Morgan fingerprint density at radius 1 is 0.758 bits per heavy atom. The minimum atomic E-state index is -1.02. The Bertz CT molecular complexity index is 841. The average molecular weight is 464 g/mol. The van der Waals surface area contributed by atoms with Crippen LogP contribution in [0, 0.1) is 13.8 Å². The third kappa shape index (κ3) is 10.3. The summed E-state index contributed by atoms with van der Waals surface area (Å²) in [7, 11) is 0. The smallest absolute Gasteiger partial charge is 0.323 e. The lowest BCUT2D eigenvalue weighted by molar-refractivity contribution is -0.139. The van der Waals surface area contributed by atoms with Crippen LogP contribution in [0.2, 0.25) is 0 Å². The van der Waals surface area contributed by atoms with Crippen molar-refractivity contribution in [3.05, 3.63) is 41.5 Å². The minimum Gasteiger partial charge on any atom is -0.480 e. The quantitative estimate of drug-likeness (QED) is 0.485. The number of nitrogens with zero attached hydrogens (tertiary/aromatic N) is 5. The monoisotopic (exact) mass is 463 g/mol. The van der Waals surface area contributed by atoms with Crippen LogP contribution in [-0.4, -0.2) is 117 Å². The lowest BCUT2D eigenvalue weighted by atomic mass is 10.2. The fourth-order valence-corrected chi connectivity index (χ4v) is 3.74. The Hall–Kier alpha value is -3.18. The van der Waals surface area contributed by atoms with Gasteiger partial charge in [-0.25, -0.2) is 0 Å². The summed E-state index contributed by atoms with van der Waals surface area (Å²) in [5.74, 6) is -2.95. The summed E-state index contributed by atoms with van der Waals surface area (Å²) in [5.41, 5.74) is 2.92. The molecular weight excluding hydrogens is 430 g/mol. The SMILES string of the molecule is Cc1cc(C)nc(CN2CCN(CC(=O)O)/C=C\N(CC(=O)O)CCN(CC(=O)O)CC2)c1. The van der Waals surface area contributed by atoms with Crippen LogP contribution in [0.25, 0.3) is 0 Å². The van der Waals surface area contributed by atoms with E-state index in [9.17, 15) is 29.7 Å². The molecule has 1 aliphatic heterocycles. The molecule has 0 spiro atoms. The summed E-state index contributed by atoms with van der Waals surface area (Å²) in [5, 5.41) is 27.8. The number of carbonyl (C=O) groups is 3. The molecule has 0 saturated carbocycles. The molecule has 182 valence electrons. The summed E-state index contributed by atoms with van der Waals surface area (Å²) in [6, 6.07) is 4.01. The van der Waals surface area contributed by atoms with Crippen molar-refractivity contribution in [3.8, 4) is 0 Å². The van der Waals surface area contributed by atoms with Crippen molar-refractivity contribution in [1.82, 2.24) is 24.6 Å². The molecule has 11 heteroatoms. The van der Waals surface area contributed by atoms with Crippen LogP contribution < -0.4 is 0 Å². The topological polar surface area (TPSA) is 138 Å². The predicted molar refractivity (Wildman–Crippen MR) is 121 cm³/mol. The maximum absolute atomic E-state index is 11.3. The summed E-state index contributed by atoms with van der Waals surface area (Å²) >= 11 is 0. The molecule has 0 bridgehead atoms. The number of aryl methyl sites for hydroxylation is 2. The van der Waals surface area contributed by atoms with E-state index in [-0.39, 0.29) is 19.6 Å². The number of pyridine rings is 1. The van der Waals surface area contributed by atoms with Crippen molar-refractivity contribution in [3.63, 3.8) is 0 Å². The van der Waals surface area contributed by atoms with Crippen molar-refractivity contribution in [2.24, 2.45) is 0 Å². The number of rotatable bonds is 8. The van der Waals surface area contributed by atoms with E-state index < -0.39 is 17.9 Å². The van der Waals surface area contributed by atoms with E-state index in [1.165, 1.54) is 0 Å². The fourth-order valence-electron chi connectivity index (χ4n) is 3.74. The lowest BCUT2D eigenvalue weighted by Gasteiger charge is -2.31. The summed E-state index contributed by atoms with van der Waals surface area (Å²) in [4.78, 5) is 45.6. The standard InChI is InChI=1S/C22H33N5O6/c1-17-11-18(2)23-19(12-17)13-24-3-5-25(14-20(28)29)7-9-27(16-22(32)33)10-8-26(6-4-24)15-21(30)31/h7,9,11-12H,3-6,8,10,13-16H2,1-2H3,(H,28,29)(H,30,31)(H,32,33)/b9-7-. The molecule has 0 aliphatic carbocycles. The first-order valence-electron chi connectivity index (χ1n) is 10.8. The van der Waals surface area contributed by atoms with Crippen LogP contribution in [0.3, 0.4) is 0 Å². The molecule has 0 fully saturated rings. The van der Waals surface area contributed by atoms with Crippen LogP contribution in [0.1, 0.15) is 17.0 Å². The van der Waals surface area contributed by atoms with Gasteiger partial charge in [-0.1, -0.05) is 0 Å². The van der Waals surface area contributed by atoms with E-state index in [1.807, 2.05) is 26.0 Å². The van der Waals surface area contributed by atoms with Gasteiger partial charge in [0.05, 0.1) is 12.2 Å². The van der Waals surface area contributed by atoms with Crippen LogP contribution in [0.15, 0.2) is 24.5 Å². The number of aliphatic carboxylic acids is 3. The van der Waals surface area contributed by atoms with E-state index in [2.05, 4.69) is 9.88 Å². The highest BCUT2D eigenvalue weighted by molar-refractivity contribution is 5.70. The molecule has 1 aromatic rings. The molecule has 0 radical (unpaired) electrons. The number of hydrogen-bond acceptors (Lipinski definition) is 8. The van der Waals surface area contributed by atoms with E-state index in [0.29, 0.717) is 45.8 Å². The molecule has 0 saturated heterocycles. The number of hydrogen-bond donors (Lipinski definition) is 3. The summed E-state index contributed by atoms with van der Waals surface area (Å²) in [6.07, 6.45) is 3.15. The summed E-state index contributed by atoms with van der Waals surface area (Å²) < 4.78 is 0. The number of carboxylic acid groups (broad SMARTS) is 3. The molecule has 2 rings (SSSR count). The zero-order valence-corrected chi connectivity index (χ0v) is 19.2. The third-order valence-corrected chi connectivity index (χ3v) is 5.20. The second-order valence-electron chi connectivity index (χ2n) is 8.25. The van der Waals surface area contributed by atoms with Crippen molar-refractivity contribution in [2.45, 2.75) is 20.4 Å². The van der Waals surface area contributed by atoms with Crippen LogP contribution >= 0.6 is 0 Å². The molecule has 0 atom stereocenters. The molecule has 1 aromatic heterocycles. The highest BCUT2D eigenvalue weighted by Crippen LogP contribution is 2.09. The molecule has 33 heavy (non-hydrogen) atoms. The van der Waals surface area contributed by atoms with Gasteiger partial charge in [-0.05, 0) is 31.5 Å². The predicted octanol–water partition coefficient (Wildman–Crippen LogP) is 0.145. The van der Waals surface area contributed by atoms with Crippen molar-refractivity contribution in [1.29, 1.82) is 0 Å². The second-order valence-corrected chi connectivity index (χ2v) is 8.25. The van der Waals surface area contributed by atoms with Crippen LogP contribution in [0.4, 0.5) is 0 Å². The first-order valence-corrected chi connectivity index (χ1v) is 10.8. The van der Waals surface area contributed by atoms with Gasteiger partial charge in [0, 0.05) is 63.9 Å². The molecule has 3 N–H and O–H groups in total. The maximum atomic E-state index is 11.3. The van der Waals surface area contributed by atoms with Crippen LogP contribution in [-0.2, 0) is 20.9 Å². The number of aromatic nitrogens is 1. The van der Waals surface area contributed by atoms with Gasteiger partial charge in [0.15, 0.2) is 0 Å². The molecule has 0 aromatic carbocycles. The Labute approximate surface area is 193 Å². The van der Waals surface area contributed by atoms with Gasteiger partial charge in [0.25, 0.3) is 0 Å². The van der Waals surface area contributed by atoms with Gasteiger partial charge in [0.1, 0.15) is 13.1 Å². The molecule has 2 heterocycles. The average Bonchev–Trinajstić information content (AvgIpc) is 2.68. The first-order chi connectivity index (χ1) is 15.6. The van der Waals surface area contributed by atoms with Crippen molar-refractivity contribution in [2.75, 3.05) is 58.9 Å². The lowest BCUT2D eigenvalue weighted by Crippen LogP contribution is -2.44. The highest BCUT2D eigenvalue weighted by Gasteiger charge is 2.18. The Morgan fingerprint density at radius 3 is 1.76 bits per heavy atom. The minimum absolute atomic E-state index is 0.147. The fraction of sp³-hybridized carbons (Fsp3) is 0.545. The normalized spacial score (nSPS) is 17.8. The Kier molecular flexibility index (Phi) is 10.1. The van der Waals surface area contributed by atoms with Gasteiger partial charge >= 0.3 is 17.9 Å². The van der Waals surface area contributed by atoms with Gasteiger partial charge in [-0.3, -0.25) is 29.2 Å². The van der Waals surface area contributed by atoms with Gasteiger partial charge < -0.3 is 25.1 Å². The molecule has 11 nitrogen and oxygen atoms in total. The van der Waals surface area contributed by atoms with Crippen LogP contribution in [0.5, 0.6) is 0 Å². The molecule has 0 amide bonds. The Balaban J connectivity index is 2.25. The van der Waals surface area contributed by atoms with Gasteiger partial charge in [0.2, 0.25) is 0 Å². The summed E-state index contributed by atoms with van der Waals surface area (Å²) in [6.45, 7) is 6.51. The largest absolute Gasteiger partial charge is 0.480 e. The molecular formula is C22H33N5O6. The highest BCUT2D eigenvalue weighted by atomic mass is 16.4. The van der Waals surface area contributed by atoms with E-state index in [0.717, 1.165) is 17.0 Å². The van der Waals surface area contributed by atoms with Gasteiger partial charge in [-0.15, -0.1) is 0 Å².